The Labute approximate surface area is 187 Å². The predicted molar refractivity (Wildman–Crippen MR) is 118 cm³/mol. The average Bonchev–Trinajstić information content (AvgIpc) is 2.78. The minimum Gasteiger partial charge on any atom is -0.466 e. The van der Waals surface area contributed by atoms with Crippen LogP contribution in [0.5, 0.6) is 0 Å². The van der Waals surface area contributed by atoms with Gasteiger partial charge in [0.15, 0.2) is 5.78 Å². The van der Waals surface area contributed by atoms with Gasteiger partial charge in [0.1, 0.15) is 19.1 Å². The van der Waals surface area contributed by atoms with E-state index in [1.165, 1.54) is 6.92 Å². The molecule has 2 rings (SSSR count). The summed E-state index contributed by atoms with van der Waals surface area (Å²) < 4.78 is 9.98. The van der Waals surface area contributed by atoms with Crippen LogP contribution in [-0.2, 0) is 36.9 Å². The first-order valence-corrected chi connectivity index (χ1v) is 10.4. The maximum atomic E-state index is 12.8. The summed E-state index contributed by atoms with van der Waals surface area (Å²) in [6.45, 7) is 3.35. The molecule has 2 aromatic carbocycles. The Bertz CT molecular complexity index is 901. The van der Waals surface area contributed by atoms with Crippen LogP contribution in [0.2, 0.25) is 0 Å². The van der Waals surface area contributed by atoms with Crippen molar-refractivity contribution in [1.29, 1.82) is 0 Å². The summed E-state index contributed by atoms with van der Waals surface area (Å²) in [5, 5.41) is 5.12. The third kappa shape index (κ3) is 8.59. The van der Waals surface area contributed by atoms with Gasteiger partial charge in [-0.25, -0.2) is 4.79 Å². The summed E-state index contributed by atoms with van der Waals surface area (Å²) in [4.78, 5) is 48.9. The van der Waals surface area contributed by atoms with Crippen LogP contribution >= 0.6 is 0 Å². The van der Waals surface area contributed by atoms with Gasteiger partial charge in [-0.2, -0.15) is 0 Å². The summed E-state index contributed by atoms with van der Waals surface area (Å²) in [5.41, 5.74) is 1.63. The lowest BCUT2D eigenvalue weighted by Crippen LogP contribution is -2.52. The van der Waals surface area contributed by atoms with Crippen LogP contribution in [0.1, 0.15) is 31.4 Å². The Balaban J connectivity index is 2.00. The fraction of sp³-hybridized carbons (Fsp3) is 0.333. The fourth-order valence-electron chi connectivity index (χ4n) is 2.87. The molecular weight excluding hydrogens is 412 g/mol. The van der Waals surface area contributed by atoms with E-state index < -0.39 is 42.3 Å². The number of rotatable bonds is 11. The zero-order valence-corrected chi connectivity index (χ0v) is 18.2. The number of carbonyl (C=O) groups is 4. The lowest BCUT2D eigenvalue weighted by Gasteiger charge is -2.21. The molecule has 0 aliphatic heterocycles. The van der Waals surface area contributed by atoms with E-state index in [1.807, 2.05) is 60.7 Å². The minimum absolute atomic E-state index is 0.0563. The van der Waals surface area contributed by atoms with Crippen molar-refractivity contribution in [2.45, 2.75) is 45.4 Å². The van der Waals surface area contributed by atoms with Crippen molar-refractivity contribution in [1.82, 2.24) is 10.6 Å². The molecular formula is C24H28N2O6. The zero-order chi connectivity index (χ0) is 23.3. The van der Waals surface area contributed by atoms with E-state index in [0.29, 0.717) is 0 Å². The van der Waals surface area contributed by atoms with Crippen LogP contribution < -0.4 is 10.6 Å². The Morgan fingerprint density at radius 3 is 2.03 bits per heavy atom. The topological polar surface area (TPSA) is 111 Å². The second-order valence-electron chi connectivity index (χ2n) is 7.13. The van der Waals surface area contributed by atoms with Crippen LogP contribution in [0.3, 0.4) is 0 Å². The second-order valence-corrected chi connectivity index (χ2v) is 7.13. The van der Waals surface area contributed by atoms with E-state index in [1.54, 1.807) is 6.92 Å². The molecule has 0 spiro atoms. The van der Waals surface area contributed by atoms with Crippen molar-refractivity contribution in [3.63, 3.8) is 0 Å². The molecule has 2 amide bonds. The van der Waals surface area contributed by atoms with Gasteiger partial charge < -0.3 is 20.1 Å². The maximum absolute atomic E-state index is 12.8. The van der Waals surface area contributed by atoms with Crippen LogP contribution in [-0.4, -0.2) is 42.4 Å². The fourth-order valence-corrected chi connectivity index (χ4v) is 2.87. The highest BCUT2D eigenvalue weighted by Gasteiger charge is 2.26. The molecule has 0 aliphatic rings. The maximum Gasteiger partial charge on any atom is 0.408 e. The molecule has 0 unspecified atom stereocenters. The van der Waals surface area contributed by atoms with Crippen molar-refractivity contribution < 1.29 is 28.7 Å². The molecule has 0 fully saturated rings. The molecule has 170 valence electrons. The van der Waals surface area contributed by atoms with Crippen molar-refractivity contribution in [2.24, 2.45) is 0 Å². The van der Waals surface area contributed by atoms with Crippen LogP contribution in [0, 0.1) is 0 Å². The second kappa shape index (κ2) is 12.9. The highest BCUT2D eigenvalue weighted by atomic mass is 16.5. The monoisotopic (exact) mass is 440 g/mol. The number of esters is 1. The minimum atomic E-state index is -0.974. The van der Waals surface area contributed by atoms with Gasteiger partial charge in [0.25, 0.3) is 0 Å². The number of hydrogen-bond acceptors (Lipinski definition) is 6. The summed E-state index contributed by atoms with van der Waals surface area (Å²) in [5.74, 6) is -1.70. The van der Waals surface area contributed by atoms with Gasteiger partial charge in [0.2, 0.25) is 5.91 Å². The SMILES string of the molecule is CCOC(=O)CC(=O)[C@H](C)NC(=O)[C@H](Cc1ccccc1)NC(=O)OCc1ccccc1. The van der Waals surface area contributed by atoms with Gasteiger partial charge in [0.05, 0.1) is 12.6 Å². The first kappa shape index (κ1) is 24.6. The lowest BCUT2D eigenvalue weighted by molar-refractivity contribution is -0.146. The van der Waals surface area contributed by atoms with Crippen LogP contribution in [0.4, 0.5) is 4.79 Å². The van der Waals surface area contributed by atoms with Gasteiger partial charge >= 0.3 is 12.1 Å². The van der Waals surface area contributed by atoms with E-state index in [2.05, 4.69) is 10.6 Å². The van der Waals surface area contributed by atoms with Gasteiger partial charge in [-0.3, -0.25) is 14.4 Å². The number of nitrogens with one attached hydrogen (secondary N) is 2. The summed E-state index contributed by atoms with van der Waals surface area (Å²) in [6, 6.07) is 16.4. The summed E-state index contributed by atoms with van der Waals surface area (Å²) >= 11 is 0. The molecule has 0 aromatic heterocycles. The van der Waals surface area contributed by atoms with Gasteiger partial charge in [-0.15, -0.1) is 0 Å². The molecule has 0 saturated carbocycles. The molecule has 0 bridgehead atoms. The van der Waals surface area contributed by atoms with E-state index in [4.69, 9.17) is 9.47 Å². The van der Waals surface area contributed by atoms with Gasteiger partial charge in [0, 0.05) is 6.42 Å². The molecule has 2 atom stereocenters. The molecule has 0 aliphatic carbocycles. The van der Waals surface area contributed by atoms with Crippen molar-refractivity contribution in [3.05, 3.63) is 71.8 Å². The largest absolute Gasteiger partial charge is 0.466 e. The van der Waals surface area contributed by atoms with Gasteiger partial charge in [-0.05, 0) is 25.0 Å². The number of benzene rings is 2. The molecule has 2 aromatic rings. The normalized spacial score (nSPS) is 12.2. The third-order valence-corrected chi connectivity index (χ3v) is 4.57. The molecule has 32 heavy (non-hydrogen) atoms. The lowest BCUT2D eigenvalue weighted by atomic mass is 10.0. The van der Waals surface area contributed by atoms with Crippen molar-refractivity contribution in [2.75, 3.05) is 6.61 Å². The average molecular weight is 440 g/mol. The first-order chi connectivity index (χ1) is 15.4. The van der Waals surface area contributed by atoms with E-state index in [0.717, 1.165) is 11.1 Å². The standard InChI is InChI=1S/C24H28N2O6/c1-3-31-22(28)15-21(27)17(2)25-23(29)20(14-18-10-6-4-7-11-18)26-24(30)32-16-19-12-8-5-9-13-19/h4-13,17,20H,3,14-16H2,1-2H3,(H,25,29)(H,26,30)/t17-,20-/m0/s1. The molecule has 0 saturated heterocycles. The first-order valence-electron chi connectivity index (χ1n) is 10.4. The van der Waals surface area contributed by atoms with E-state index in [9.17, 15) is 19.2 Å². The quantitative estimate of drug-likeness (QED) is 0.410. The number of amides is 2. The number of ketones is 1. The number of Topliss-reactive ketones (excluding diaryl/α,β-unsaturated/α-hetero) is 1. The van der Waals surface area contributed by atoms with Crippen molar-refractivity contribution >= 4 is 23.8 Å². The molecule has 2 N–H and O–H groups in total. The Kier molecular flexibility index (Phi) is 9.90. The Morgan fingerprint density at radius 2 is 1.44 bits per heavy atom. The number of ether oxygens (including phenoxy) is 2. The molecule has 8 nitrogen and oxygen atoms in total. The number of carbonyl (C=O) groups excluding carboxylic acids is 4. The van der Waals surface area contributed by atoms with E-state index in [-0.39, 0.29) is 19.6 Å². The molecule has 0 radical (unpaired) electrons. The highest BCUT2D eigenvalue weighted by Crippen LogP contribution is 2.06. The smallest absolute Gasteiger partial charge is 0.408 e. The number of alkyl carbamates (subject to hydrolysis) is 1. The third-order valence-electron chi connectivity index (χ3n) is 4.57. The number of hydrogen-bond donors (Lipinski definition) is 2. The summed E-state index contributed by atoms with van der Waals surface area (Å²) in [6.07, 6.45) is -0.993. The molecule has 0 heterocycles. The van der Waals surface area contributed by atoms with Crippen molar-refractivity contribution in [3.8, 4) is 0 Å². The Hall–Kier alpha value is -3.68. The zero-order valence-electron chi connectivity index (χ0n) is 18.2. The predicted octanol–water partition coefficient (Wildman–Crippen LogP) is 2.55. The highest BCUT2D eigenvalue weighted by molar-refractivity contribution is 6.00. The van der Waals surface area contributed by atoms with Gasteiger partial charge in [-0.1, -0.05) is 60.7 Å². The van der Waals surface area contributed by atoms with E-state index >= 15 is 0 Å². The Morgan fingerprint density at radius 1 is 0.844 bits per heavy atom. The summed E-state index contributed by atoms with van der Waals surface area (Å²) in [7, 11) is 0. The van der Waals surface area contributed by atoms with Crippen LogP contribution in [0.15, 0.2) is 60.7 Å². The molecule has 8 heteroatoms. The van der Waals surface area contributed by atoms with Crippen LogP contribution in [0.25, 0.3) is 0 Å².